The topological polar surface area (TPSA) is 29.1 Å². The zero-order valence-electron chi connectivity index (χ0n) is 10.1. The third kappa shape index (κ3) is 3.37. The molecule has 0 aliphatic heterocycles. The molecule has 0 fully saturated rings. The first-order chi connectivity index (χ1) is 9.09. The number of hydrogen-bond acceptors (Lipinski definition) is 1. The van der Waals surface area contributed by atoms with Crippen molar-refractivity contribution >= 4 is 29.1 Å². The Morgan fingerprint density at radius 3 is 2.74 bits per heavy atom. The van der Waals surface area contributed by atoms with Crippen molar-refractivity contribution in [3.05, 3.63) is 57.4 Å². The molecule has 0 bridgehead atoms. The molecule has 0 saturated carbocycles. The number of benzene rings is 1. The number of allylic oxidation sites excluding steroid dienone is 2. The Hall–Kier alpha value is -1.32. The van der Waals surface area contributed by atoms with E-state index in [0.29, 0.717) is 22.1 Å². The molecule has 0 atom stereocenters. The highest BCUT2D eigenvalue weighted by atomic mass is 35.5. The molecule has 5 heteroatoms. The SMILES string of the molecule is O=C(NCC1=C(Cl)CCC=C1Cl)c1ccccc1F. The third-order valence-corrected chi connectivity index (χ3v) is 3.65. The van der Waals surface area contributed by atoms with Gasteiger partial charge in [-0.25, -0.2) is 4.39 Å². The van der Waals surface area contributed by atoms with Crippen molar-refractivity contribution in [3.63, 3.8) is 0 Å². The number of amides is 1. The fourth-order valence-electron chi connectivity index (χ4n) is 1.82. The highest BCUT2D eigenvalue weighted by Gasteiger charge is 2.16. The van der Waals surface area contributed by atoms with Crippen molar-refractivity contribution in [1.82, 2.24) is 5.32 Å². The fourth-order valence-corrected chi connectivity index (χ4v) is 2.43. The number of nitrogens with one attached hydrogen (secondary N) is 1. The summed E-state index contributed by atoms with van der Waals surface area (Å²) in [6.45, 7) is 0.196. The molecule has 0 heterocycles. The largest absolute Gasteiger partial charge is 0.348 e. The lowest BCUT2D eigenvalue weighted by molar-refractivity contribution is 0.0953. The second-order valence-corrected chi connectivity index (χ2v) is 5.00. The minimum Gasteiger partial charge on any atom is -0.348 e. The van der Waals surface area contributed by atoms with Gasteiger partial charge in [-0.15, -0.1) is 0 Å². The summed E-state index contributed by atoms with van der Waals surface area (Å²) in [7, 11) is 0. The van der Waals surface area contributed by atoms with Gasteiger partial charge in [0.1, 0.15) is 5.82 Å². The van der Waals surface area contributed by atoms with Crippen LogP contribution >= 0.6 is 23.2 Å². The van der Waals surface area contributed by atoms with Gasteiger partial charge in [-0.1, -0.05) is 41.4 Å². The first-order valence-corrected chi connectivity index (χ1v) is 6.61. The van der Waals surface area contributed by atoms with Crippen LogP contribution in [0.3, 0.4) is 0 Å². The molecule has 1 aliphatic rings. The predicted octanol–water partition coefficient (Wildman–Crippen LogP) is 3.96. The van der Waals surface area contributed by atoms with E-state index >= 15 is 0 Å². The smallest absolute Gasteiger partial charge is 0.254 e. The summed E-state index contributed by atoms with van der Waals surface area (Å²) < 4.78 is 13.4. The number of carbonyl (C=O) groups is 1. The number of carbonyl (C=O) groups excluding carboxylic acids is 1. The molecule has 0 spiro atoms. The zero-order chi connectivity index (χ0) is 13.8. The molecular weight excluding hydrogens is 288 g/mol. The molecule has 19 heavy (non-hydrogen) atoms. The molecule has 0 unspecified atom stereocenters. The summed E-state index contributed by atoms with van der Waals surface area (Å²) in [6, 6.07) is 5.82. The third-order valence-electron chi connectivity index (χ3n) is 2.85. The Bertz CT molecular complexity index is 566. The molecule has 1 aromatic carbocycles. The molecule has 1 amide bonds. The summed E-state index contributed by atoms with van der Waals surface area (Å²) in [5, 5.41) is 3.81. The van der Waals surface area contributed by atoms with E-state index in [1.165, 1.54) is 18.2 Å². The lowest BCUT2D eigenvalue weighted by Crippen LogP contribution is -2.27. The monoisotopic (exact) mass is 299 g/mol. The van der Waals surface area contributed by atoms with Crippen molar-refractivity contribution in [3.8, 4) is 0 Å². The van der Waals surface area contributed by atoms with Crippen LogP contribution < -0.4 is 5.32 Å². The lowest BCUT2D eigenvalue weighted by Gasteiger charge is -2.15. The average molecular weight is 300 g/mol. The van der Waals surface area contributed by atoms with Gasteiger partial charge in [-0.3, -0.25) is 4.79 Å². The first kappa shape index (κ1) is 14.1. The maximum atomic E-state index is 13.4. The van der Waals surface area contributed by atoms with Gasteiger partial charge >= 0.3 is 0 Å². The van der Waals surface area contributed by atoms with Crippen LogP contribution in [-0.4, -0.2) is 12.5 Å². The summed E-state index contributed by atoms with van der Waals surface area (Å²) in [5.74, 6) is -1.03. The van der Waals surface area contributed by atoms with Crippen LogP contribution in [0.5, 0.6) is 0 Å². The standard InChI is InChI=1S/C14H12Cl2FNO/c15-11-5-3-6-12(16)10(11)8-18-14(19)9-4-1-2-7-13(9)17/h1-2,4-5,7H,3,6,8H2,(H,18,19). The van der Waals surface area contributed by atoms with Gasteiger partial charge in [0.25, 0.3) is 5.91 Å². The summed E-state index contributed by atoms with van der Waals surface area (Å²) >= 11 is 12.1. The normalized spacial score (nSPS) is 15.2. The minimum atomic E-state index is -0.551. The first-order valence-electron chi connectivity index (χ1n) is 5.86. The Kier molecular flexibility index (Phi) is 4.61. The predicted molar refractivity (Wildman–Crippen MR) is 74.8 cm³/mol. The van der Waals surface area contributed by atoms with Gasteiger partial charge in [0.15, 0.2) is 0 Å². The zero-order valence-corrected chi connectivity index (χ0v) is 11.6. The minimum absolute atomic E-state index is 0.00938. The van der Waals surface area contributed by atoms with Crippen LogP contribution in [0.2, 0.25) is 0 Å². The van der Waals surface area contributed by atoms with E-state index in [2.05, 4.69) is 5.32 Å². The number of hydrogen-bond donors (Lipinski definition) is 1. The lowest BCUT2D eigenvalue weighted by atomic mass is 10.1. The Morgan fingerprint density at radius 2 is 2.05 bits per heavy atom. The molecule has 0 saturated heterocycles. The summed E-state index contributed by atoms with van der Waals surface area (Å²) in [5.41, 5.74) is 0.703. The highest BCUT2D eigenvalue weighted by molar-refractivity contribution is 6.36. The van der Waals surface area contributed by atoms with Crippen LogP contribution in [0.25, 0.3) is 0 Å². The molecule has 100 valence electrons. The van der Waals surface area contributed by atoms with Gasteiger partial charge < -0.3 is 5.32 Å². The van der Waals surface area contributed by atoms with E-state index in [9.17, 15) is 9.18 Å². The van der Waals surface area contributed by atoms with Crippen LogP contribution in [0.1, 0.15) is 23.2 Å². The van der Waals surface area contributed by atoms with Gasteiger partial charge in [-0.05, 0) is 25.0 Å². The van der Waals surface area contributed by atoms with E-state index in [0.717, 1.165) is 6.42 Å². The molecule has 0 radical (unpaired) electrons. The molecule has 1 aromatic rings. The van der Waals surface area contributed by atoms with Crippen LogP contribution in [0.15, 0.2) is 46.0 Å². The van der Waals surface area contributed by atoms with Crippen molar-refractivity contribution in [2.45, 2.75) is 12.8 Å². The van der Waals surface area contributed by atoms with Crippen LogP contribution in [-0.2, 0) is 0 Å². The van der Waals surface area contributed by atoms with Gasteiger partial charge in [0.2, 0.25) is 0 Å². The van der Waals surface area contributed by atoms with E-state index in [4.69, 9.17) is 23.2 Å². The molecule has 1 N–H and O–H groups in total. The maximum absolute atomic E-state index is 13.4. The number of rotatable bonds is 3. The van der Waals surface area contributed by atoms with Crippen LogP contribution in [0, 0.1) is 5.82 Å². The van der Waals surface area contributed by atoms with E-state index < -0.39 is 11.7 Å². The van der Waals surface area contributed by atoms with Crippen molar-refractivity contribution < 1.29 is 9.18 Å². The van der Waals surface area contributed by atoms with Gasteiger partial charge in [0, 0.05) is 22.2 Å². The molecule has 2 rings (SSSR count). The van der Waals surface area contributed by atoms with Crippen LogP contribution in [0.4, 0.5) is 4.39 Å². The summed E-state index contributed by atoms with van der Waals surface area (Å²) in [6.07, 6.45) is 3.36. The van der Waals surface area contributed by atoms with E-state index in [1.807, 2.05) is 6.08 Å². The molecule has 1 aliphatic carbocycles. The Morgan fingerprint density at radius 1 is 1.32 bits per heavy atom. The average Bonchev–Trinajstić information content (AvgIpc) is 2.38. The summed E-state index contributed by atoms with van der Waals surface area (Å²) in [4.78, 5) is 11.8. The molecule has 2 nitrogen and oxygen atoms in total. The van der Waals surface area contributed by atoms with Crippen molar-refractivity contribution in [2.75, 3.05) is 6.54 Å². The molecule has 0 aromatic heterocycles. The van der Waals surface area contributed by atoms with E-state index in [1.54, 1.807) is 6.07 Å². The maximum Gasteiger partial charge on any atom is 0.254 e. The fraction of sp³-hybridized carbons (Fsp3) is 0.214. The second kappa shape index (κ2) is 6.22. The second-order valence-electron chi connectivity index (χ2n) is 4.14. The van der Waals surface area contributed by atoms with E-state index in [-0.39, 0.29) is 12.1 Å². The molecular formula is C14H12Cl2FNO. The quantitative estimate of drug-likeness (QED) is 0.899. The van der Waals surface area contributed by atoms with Gasteiger partial charge in [0.05, 0.1) is 5.56 Å². The van der Waals surface area contributed by atoms with Crippen molar-refractivity contribution in [1.29, 1.82) is 0 Å². The highest BCUT2D eigenvalue weighted by Crippen LogP contribution is 2.29. The van der Waals surface area contributed by atoms with Crippen molar-refractivity contribution in [2.24, 2.45) is 0 Å². The van der Waals surface area contributed by atoms with Gasteiger partial charge in [-0.2, -0.15) is 0 Å². The number of halogens is 3. The Balaban J connectivity index is 2.06. The Labute approximate surface area is 120 Å².